The van der Waals surface area contributed by atoms with Crippen molar-refractivity contribution in [3.8, 4) is 0 Å². The minimum absolute atomic E-state index is 0. The Kier molecular flexibility index (Phi) is 7.07. The van der Waals surface area contributed by atoms with Crippen LogP contribution in [0.3, 0.4) is 0 Å². The van der Waals surface area contributed by atoms with Gasteiger partial charge in [0, 0.05) is 28.3 Å². The van der Waals surface area contributed by atoms with E-state index in [9.17, 15) is 4.79 Å². The second-order valence-electron chi connectivity index (χ2n) is 5.87. The van der Waals surface area contributed by atoms with Gasteiger partial charge in [-0.05, 0) is 37.1 Å². The lowest BCUT2D eigenvalue weighted by molar-refractivity contribution is -0.115. The van der Waals surface area contributed by atoms with Crippen molar-refractivity contribution in [3.05, 3.63) is 44.6 Å². The summed E-state index contributed by atoms with van der Waals surface area (Å²) in [6.45, 7) is 0. The molecule has 0 bridgehead atoms. The first-order valence-electron chi connectivity index (χ1n) is 7.84. The molecule has 0 aliphatic heterocycles. The molecule has 0 atom stereocenters. The number of thiazole rings is 1. The van der Waals surface area contributed by atoms with Gasteiger partial charge < -0.3 is 9.88 Å². The second kappa shape index (κ2) is 8.83. The van der Waals surface area contributed by atoms with E-state index in [1.54, 1.807) is 11.3 Å². The molecule has 3 rings (SSSR count). The Morgan fingerprint density at radius 1 is 1.33 bits per heavy atom. The van der Waals surface area contributed by atoms with Crippen molar-refractivity contribution in [2.45, 2.75) is 38.1 Å². The van der Waals surface area contributed by atoms with Crippen LogP contribution in [-0.2, 0) is 18.3 Å². The molecular weight excluding hydrogens is 410 g/mol. The quantitative estimate of drug-likeness (QED) is 0.772. The lowest BCUT2D eigenvalue weighted by atomic mass is 10.3. The van der Waals surface area contributed by atoms with Gasteiger partial charge in [-0.1, -0.05) is 28.8 Å². The minimum atomic E-state index is -0.00635. The molecule has 7 heteroatoms. The number of halogens is 2. The first kappa shape index (κ1) is 19.2. The molecule has 4 nitrogen and oxygen atoms in total. The fraction of sp³-hybridized carbons (Fsp3) is 0.412. The van der Waals surface area contributed by atoms with Crippen molar-refractivity contribution in [3.63, 3.8) is 0 Å². The molecule has 24 heavy (non-hydrogen) atoms. The zero-order chi connectivity index (χ0) is 16.2. The normalized spacial score (nSPS) is 15.3. The van der Waals surface area contributed by atoms with E-state index < -0.39 is 0 Å². The molecule has 1 aliphatic carbocycles. The summed E-state index contributed by atoms with van der Waals surface area (Å²) in [7, 11) is 1.99. The van der Waals surface area contributed by atoms with Crippen molar-refractivity contribution in [2.24, 2.45) is 12.0 Å². The average molecular weight is 431 g/mol. The fourth-order valence-corrected chi connectivity index (χ4v) is 4.00. The molecule has 1 aromatic carbocycles. The number of nitrogens with one attached hydrogen (secondary N) is 1. The molecular formula is C17H21BrClN3OS. The Morgan fingerprint density at radius 2 is 2.00 bits per heavy atom. The molecule has 1 fully saturated rings. The molecule has 1 N–H and O–H groups in total. The summed E-state index contributed by atoms with van der Waals surface area (Å²) in [5, 5.41) is 4.96. The number of benzene rings is 1. The van der Waals surface area contributed by atoms with Crippen molar-refractivity contribution in [2.75, 3.05) is 5.32 Å². The maximum absolute atomic E-state index is 12.2. The van der Waals surface area contributed by atoms with Crippen LogP contribution in [0.5, 0.6) is 0 Å². The lowest BCUT2D eigenvalue weighted by Gasteiger charge is -2.06. The largest absolute Gasteiger partial charge is 0.326 e. The first-order chi connectivity index (χ1) is 11.1. The molecule has 1 saturated carbocycles. The van der Waals surface area contributed by atoms with Crippen LogP contribution in [0, 0.1) is 0 Å². The number of hydrogen-bond donors (Lipinski definition) is 1. The van der Waals surface area contributed by atoms with Crippen LogP contribution in [0.1, 0.15) is 31.4 Å². The summed E-state index contributed by atoms with van der Waals surface area (Å²) in [5.41, 5.74) is 1.81. The molecule has 1 aliphatic rings. The van der Waals surface area contributed by atoms with Gasteiger partial charge in [-0.25, -0.2) is 0 Å². The van der Waals surface area contributed by atoms with Crippen LogP contribution < -0.4 is 10.1 Å². The number of amides is 1. The number of aromatic nitrogens is 1. The number of hydrogen-bond acceptors (Lipinski definition) is 3. The molecule has 2 aromatic rings. The molecule has 0 saturated heterocycles. The lowest BCUT2D eigenvalue weighted by Crippen LogP contribution is -2.20. The summed E-state index contributed by atoms with van der Waals surface area (Å²) in [6, 6.07) is 8.06. The predicted octanol–water partition coefficient (Wildman–Crippen LogP) is 4.30. The van der Waals surface area contributed by atoms with E-state index in [1.807, 2.05) is 41.3 Å². The van der Waals surface area contributed by atoms with Crippen LogP contribution in [0.15, 0.2) is 39.1 Å². The molecule has 0 unspecified atom stereocenters. The van der Waals surface area contributed by atoms with E-state index >= 15 is 0 Å². The summed E-state index contributed by atoms with van der Waals surface area (Å²) in [5.74, 6) is -0.00635. The van der Waals surface area contributed by atoms with Gasteiger partial charge in [0.25, 0.3) is 0 Å². The Bertz CT molecular complexity index is 748. The van der Waals surface area contributed by atoms with Crippen LogP contribution in [-0.4, -0.2) is 16.5 Å². The van der Waals surface area contributed by atoms with E-state index in [0.29, 0.717) is 12.5 Å². The van der Waals surface area contributed by atoms with Gasteiger partial charge in [-0.3, -0.25) is 9.79 Å². The van der Waals surface area contributed by atoms with Gasteiger partial charge in [-0.2, -0.15) is 0 Å². The molecule has 0 spiro atoms. The van der Waals surface area contributed by atoms with E-state index in [1.165, 1.54) is 25.7 Å². The van der Waals surface area contributed by atoms with Gasteiger partial charge in [0.1, 0.15) is 0 Å². The third kappa shape index (κ3) is 4.94. The van der Waals surface area contributed by atoms with Gasteiger partial charge in [0.15, 0.2) is 4.80 Å². The maximum atomic E-state index is 12.2. The molecule has 1 aromatic heterocycles. The smallest absolute Gasteiger partial charge is 0.230 e. The second-order valence-corrected chi connectivity index (χ2v) is 7.62. The van der Waals surface area contributed by atoms with Gasteiger partial charge >= 0.3 is 0 Å². The third-order valence-electron chi connectivity index (χ3n) is 4.11. The summed E-state index contributed by atoms with van der Waals surface area (Å²) in [6.07, 6.45) is 5.31. The van der Waals surface area contributed by atoms with E-state index in [0.717, 1.165) is 20.7 Å². The monoisotopic (exact) mass is 429 g/mol. The predicted molar refractivity (Wildman–Crippen MR) is 105 cm³/mol. The summed E-state index contributed by atoms with van der Waals surface area (Å²) in [4.78, 5) is 18.1. The molecule has 130 valence electrons. The summed E-state index contributed by atoms with van der Waals surface area (Å²) >= 11 is 5.01. The Labute approximate surface area is 160 Å². The number of anilines is 1. The van der Waals surface area contributed by atoms with Crippen molar-refractivity contribution < 1.29 is 4.79 Å². The number of carbonyl (C=O) groups is 1. The van der Waals surface area contributed by atoms with Crippen molar-refractivity contribution in [1.82, 2.24) is 4.57 Å². The van der Waals surface area contributed by atoms with Gasteiger partial charge in [-0.15, -0.1) is 23.7 Å². The van der Waals surface area contributed by atoms with Crippen LogP contribution >= 0.6 is 39.7 Å². The van der Waals surface area contributed by atoms with Gasteiger partial charge in [0.2, 0.25) is 5.91 Å². The van der Waals surface area contributed by atoms with Crippen molar-refractivity contribution >= 4 is 51.3 Å². The van der Waals surface area contributed by atoms with E-state index in [4.69, 9.17) is 4.99 Å². The maximum Gasteiger partial charge on any atom is 0.230 e. The van der Waals surface area contributed by atoms with Crippen LogP contribution in [0.2, 0.25) is 0 Å². The minimum Gasteiger partial charge on any atom is -0.326 e. The zero-order valence-corrected chi connectivity index (χ0v) is 16.7. The van der Waals surface area contributed by atoms with Crippen LogP contribution in [0.25, 0.3) is 0 Å². The molecule has 1 amide bonds. The van der Waals surface area contributed by atoms with E-state index in [2.05, 4.69) is 21.2 Å². The Morgan fingerprint density at radius 3 is 2.67 bits per heavy atom. The van der Waals surface area contributed by atoms with Crippen LogP contribution in [0.4, 0.5) is 5.69 Å². The Hall–Kier alpha value is -1.11. The van der Waals surface area contributed by atoms with Gasteiger partial charge in [0.05, 0.1) is 12.5 Å². The standard InChI is InChI=1S/C17H20BrN3OS.ClH/c1-21-15(11-23-17(21)20-13-4-2-3-5-13)10-16(22)19-14-8-6-12(18)7-9-14;/h6-9,11,13H,2-5,10H2,1H3,(H,19,22);1H. The zero-order valence-electron chi connectivity index (χ0n) is 13.5. The summed E-state index contributed by atoms with van der Waals surface area (Å²) < 4.78 is 3.04. The highest BCUT2D eigenvalue weighted by Gasteiger charge is 2.14. The average Bonchev–Trinajstić information content (AvgIpc) is 3.15. The first-order valence-corrected chi connectivity index (χ1v) is 9.52. The topological polar surface area (TPSA) is 46.4 Å². The SMILES string of the molecule is Cl.Cn1c(CC(=O)Nc2ccc(Br)cc2)csc1=NC1CCCC1. The molecule has 1 heterocycles. The number of rotatable bonds is 4. The highest BCUT2D eigenvalue weighted by molar-refractivity contribution is 9.10. The number of carbonyl (C=O) groups excluding carboxylic acids is 1. The highest BCUT2D eigenvalue weighted by Crippen LogP contribution is 2.20. The highest BCUT2D eigenvalue weighted by atomic mass is 79.9. The third-order valence-corrected chi connectivity index (χ3v) is 5.61. The van der Waals surface area contributed by atoms with Crippen molar-refractivity contribution in [1.29, 1.82) is 0 Å². The number of nitrogens with zero attached hydrogens (tertiary/aromatic N) is 2. The molecule has 0 radical (unpaired) electrons. The fourth-order valence-electron chi connectivity index (χ4n) is 2.77. The van der Waals surface area contributed by atoms with E-state index in [-0.39, 0.29) is 18.3 Å². The Balaban J connectivity index is 0.00000208.